The normalized spacial score (nSPS) is 13.0. The van der Waals surface area contributed by atoms with Gasteiger partial charge in [0.05, 0.1) is 19.8 Å². The van der Waals surface area contributed by atoms with Crippen LogP contribution in [0.2, 0.25) is 0 Å². The fourth-order valence-corrected chi connectivity index (χ4v) is 3.03. The number of ether oxygens (including phenoxy) is 2. The molecule has 0 fully saturated rings. The summed E-state index contributed by atoms with van der Waals surface area (Å²) in [5.41, 5.74) is 1.18. The van der Waals surface area contributed by atoms with Crippen molar-refractivity contribution in [1.29, 1.82) is 0 Å². The SMILES string of the molecule is CC#C[C@H](C)[C@@H](CCCCCCCCC)OCc1ccc(OC)cc1. The molecule has 0 spiro atoms. The minimum atomic E-state index is 0.213. The van der Waals surface area contributed by atoms with Crippen LogP contribution < -0.4 is 4.74 Å². The van der Waals surface area contributed by atoms with Gasteiger partial charge in [-0.05, 0) is 38.0 Å². The van der Waals surface area contributed by atoms with Crippen LogP contribution in [0.5, 0.6) is 5.75 Å². The van der Waals surface area contributed by atoms with Crippen LogP contribution in [0, 0.1) is 17.8 Å². The van der Waals surface area contributed by atoms with Gasteiger partial charge < -0.3 is 9.47 Å². The van der Waals surface area contributed by atoms with E-state index in [2.05, 4.69) is 37.8 Å². The van der Waals surface area contributed by atoms with E-state index in [1.807, 2.05) is 19.1 Å². The maximum Gasteiger partial charge on any atom is 0.118 e. The molecule has 2 atom stereocenters. The quantitative estimate of drug-likeness (QED) is 0.305. The molecule has 0 aromatic heterocycles. The van der Waals surface area contributed by atoms with Crippen LogP contribution in [0.4, 0.5) is 0 Å². The first-order chi connectivity index (χ1) is 12.2. The van der Waals surface area contributed by atoms with Gasteiger partial charge in [-0.25, -0.2) is 0 Å². The molecule has 0 N–H and O–H groups in total. The van der Waals surface area contributed by atoms with Gasteiger partial charge in [-0.15, -0.1) is 5.92 Å². The summed E-state index contributed by atoms with van der Waals surface area (Å²) in [6.07, 6.45) is 10.6. The van der Waals surface area contributed by atoms with E-state index in [0.717, 1.165) is 12.2 Å². The fraction of sp³-hybridized carbons (Fsp3) is 0.652. The number of unbranched alkanes of at least 4 members (excludes halogenated alkanes) is 6. The third-order valence-corrected chi connectivity index (χ3v) is 4.65. The Balaban J connectivity index is 2.39. The molecule has 1 aromatic carbocycles. The Morgan fingerprint density at radius 3 is 2.20 bits per heavy atom. The van der Waals surface area contributed by atoms with Crippen molar-refractivity contribution in [2.45, 2.75) is 84.8 Å². The summed E-state index contributed by atoms with van der Waals surface area (Å²) in [6, 6.07) is 8.11. The number of methoxy groups -OCH3 is 1. The predicted octanol–water partition coefficient (Wildman–Crippen LogP) is 6.38. The molecule has 2 heteroatoms. The van der Waals surface area contributed by atoms with E-state index >= 15 is 0 Å². The Morgan fingerprint density at radius 1 is 0.960 bits per heavy atom. The van der Waals surface area contributed by atoms with Crippen molar-refractivity contribution < 1.29 is 9.47 Å². The van der Waals surface area contributed by atoms with Gasteiger partial charge >= 0.3 is 0 Å². The fourth-order valence-electron chi connectivity index (χ4n) is 3.03. The van der Waals surface area contributed by atoms with Gasteiger partial charge in [0, 0.05) is 5.92 Å². The highest BCUT2D eigenvalue weighted by atomic mass is 16.5. The lowest BCUT2D eigenvalue weighted by atomic mass is 9.98. The average Bonchev–Trinajstić information content (AvgIpc) is 2.64. The Bertz CT molecular complexity index is 495. The summed E-state index contributed by atoms with van der Waals surface area (Å²) in [4.78, 5) is 0. The second-order valence-corrected chi connectivity index (χ2v) is 6.79. The Hall–Kier alpha value is -1.46. The van der Waals surface area contributed by atoms with E-state index in [1.54, 1.807) is 7.11 Å². The van der Waals surface area contributed by atoms with Crippen molar-refractivity contribution in [3.8, 4) is 17.6 Å². The summed E-state index contributed by atoms with van der Waals surface area (Å²) >= 11 is 0. The highest BCUT2D eigenvalue weighted by molar-refractivity contribution is 5.26. The molecule has 0 aliphatic rings. The van der Waals surface area contributed by atoms with Crippen LogP contribution in [0.15, 0.2) is 24.3 Å². The van der Waals surface area contributed by atoms with Crippen molar-refractivity contribution in [1.82, 2.24) is 0 Å². The van der Waals surface area contributed by atoms with Crippen molar-refractivity contribution in [3.63, 3.8) is 0 Å². The Kier molecular flexibility index (Phi) is 11.9. The van der Waals surface area contributed by atoms with Crippen molar-refractivity contribution in [2.75, 3.05) is 7.11 Å². The van der Waals surface area contributed by atoms with Crippen molar-refractivity contribution >= 4 is 0 Å². The van der Waals surface area contributed by atoms with Crippen molar-refractivity contribution in [3.05, 3.63) is 29.8 Å². The van der Waals surface area contributed by atoms with E-state index in [4.69, 9.17) is 9.47 Å². The molecule has 0 radical (unpaired) electrons. The molecule has 0 amide bonds. The number of rotatable bonds is 13. The highest BCUT2D eigenvalue weighted by Gasteiger charge is 2.16. The second kappa shape index (κ2) is 13.8. The monoisotopic (exact) mass is 344 g/mol. The molecule has 2 nitrogen and oxygen atoms in total. The van der Waals surface area contributed by atoms with Crippen LogP contribution in [0.1, 0.15) is 77.7 Å². The number of hydrogen-bond acceptors (Lipinski definition) is 2. The summed E-state index contributed by atoms with van der Waals surface area (Å²) in [6.45, 7) is 6.99. The van der Waals surface area contributed by atoms with Gasteiger partial charge in [-0.1, -0.05) is 69.9 Å². The van der Waals surface area contributed by atoms with Crippen LogP contribution in [0.3, 0.4) is 0 Å². The zero-order valence-electron chi connectivity index (χ0n) is 16.6. The van der Waals surface area contributed by atoms with Crippen LogP contribution >= 0.6 is 0 Å². The minimum absolute atomic E-state index is 0.213. The van der Waals surface area contributed by atoms with Crippen molar-refractivity contribution in [2.24, 2.45) is 5.92 Å². The zero-order chi connectivity index (χ0) is 18.3. The third-order valence-electron chi connectivity index (χ3n) is 4.65. The molecule has 0 saturated carbocycles. The lowest BCUT2D eigenvalue weighted by Gasteiger charge is -2.21. The topological polar surface area (TPSA) is 18.5 Å². The maximum atomic E-state index is 6.22. The lowest BCUT2D eigenvalue weighted by Crippen LogP contribution is -2.21. The van der Waals surface area contributed by atoms with Gasteiger partial charge in [0.2, 0.25) is 0 Å². The maximum absolute atomic E-state index is 6.22. The first-order valence-electron chi connectivity index (χ1n) is 9.88. The molecule has 0 saturated heterocycles. The zero-order valence-corrected chi connectivity index (χ0v) is 16.6. The molecule has 1 rings (SSSR count). The van der Waals surface area contributed by atoms with E-state index in [-0.39, 0.29) is 12.0 Å². The molecule has 25 heavy (non-hydrogen) atoms. The molecule has 1 aromatic rings. The first kappa shape index (κ1) is 21.6. The van der Waals surface area contributed by atoms with E-state index in [0.29, 0.717) is 6.61 Å². The molecule has 0 aliphatic heterocycles. The summed E-state index contributed by atoms with van der Waals surface area (Å²) in [5, 5.41) is 0. The standard InChI is InChI=1S/C23H36O2/c1-5-7-8-9-10-11-12-14-23(20(3)13-6-2)25-19-21-15-17-22(24-4)18-16-21/h15-18,20,23H,5,7-12,14,19H2,1-4H3/t20-,23+/m0/s1. The van der Waals surface area contributed by atoms with Gasteiger partial charge in [-0.3, -0.25) is 0 Å². The van der Waals surface area contributed by atoms with E-state index in [1.165, 1.54) is 50.5 Å². The second-order valence-electron chi connectivity index (χ2n) is 6.79. The molecular formula is C23H36O2. The summed E-state index contributed by atoms with van der Waals surface area (Å²) < 4.78 is 11.4. The lowest BCUT2D eigenvalue weighted by molar-refractivity contribution is 0.0131. The molecule has 0 unspecified atom stereocenters. The third kappa shape index (κ3) is 9.56. The average molecular weight is 345 g/mol. The van der Waals surface area contributed by atoms with Gasteiger partial charge in [0.25, 0.3) is 0 Å². The molecule has 0 heterocycles. The predicted molar refractivity (Wildman–Crippen MR) is 107 cm³/mol. The van der Waals surface area contributed by atoms with Crippen LogP contribution in [-0.2, 0) is 11.3 Å². The summed E-state index contributed by atoms with van der Waals surface area (Å²) in [7, 11) is 1.69. The molecule has 140 valence electrons. The van der Waals surface area contributed by atoms with E-state index < -0.39 is 0 Å². The smallest absolute Gasteiger partial charge is 0.118 e. The van der Waals surface area contributed by atoms with E-state index in [9.17, 15) is 0 Å². The molecular weight excluding hydrogens is 308 g/mol. The Morgan fingerprint density at radius 2 is 1.60 bits per heavy atom. The minimum Gasteiger partial charge on any atom is -0.497 e. The first-order valence-corrected chi connectivity index (χ1v) is 9.88. The molecule has 0 aliphatic carbocycles. The largest absolute Gasteiger partial charge is 0.497 e. The van der Waals surface area contributed by atoms with Gasteiger partial charge in [0.15, 0.2) is 0 Å². The molecule has 0 bridgehead atoms. The van der Waals surface area contributed by atoms with Gasteiger partial charge in [-0.2, -0.15) is 0 Å². The number of hydrogen-bond donors (Lipinski definition) is 0. The van der Waals surface area contributed by atoms with Crippen LogP contribution in [-0.4, -0.2) is 13.2 Å². The van der Waals surface area contributed by atoms with Gasteiger partial charge in [0.1, 0.15) is 5.75 Å². The summed E-state index contributed by atoms with van der Waals surface area (Å²) in [5.74, 6) is 7.48. The Labute approximate surface area is 155 Å². The van der Waals surface area contributed by atoms with Crippen LogP contribution in [0.25, 0.3) is 0 Å². The highest BCUT2D eigenvalue weighted by Crippen LogP contribution is 2.19. The number of benzene rings is 1.